The van der Waals surface area contributed by atoms with Crippen LogP contribution in [0.25, 0.3) is 0 Å². The van der Waals surface area contributed by atoms with Gasteiger partial charge < -0.3 is 9.88 Å². The number of thiophene rings is 1. The van der Waals surface area contributed by atoms with Gasteiger partial charge in [-0.1, -0.05) is 30.3 Å². The summed E-state index contributed by atoms with van der Waals surface area (Å²) in [5.41, 5.74) is 3.38. The van der Waals surface area contributed by atoms with Crippen LogP contribution in [0.15, 0.2) is 47.8 Å². The maximum absolute atomic E-state index is 13.5. The quantitative estimate of drug-likeness (QED) is 0.441. The van der Waals surface area contributed by atoms with E-state index in [0.29, 0.717) is 12.0 Å². The molecule has 1 N–H and O–H groups in total. The minimum Gasteiger partial charge on any atom is -0.341 e. The van der Waals surface area contributed by atoms with Gasteiger partial charge in [-0.2, -0.15) is 0 Å². The summed E-state index contributed by atoms with van der Waals surface area (Å²) in [4.78, 5) is 41.9. The number of carbonyl (C=O) groups excluding carboxylic acids is 3. The van der Waals surface area contributed by atoms with Gasteiger partial charge in [-0.3, -0.25) is 14.5 Å². The molecular formula is C26H27N3O3S. The summed E-state index contributed by atoms with van der Waals surface area (Å²) in [7, 11) is 0. The van der Waals surface area contributed by atoms with Crippen LogP contribution in [-0.4, -0.2) is 33.7 Å². The number of amides is 3. The Kier molecular flexibility index (Phi) is 5.24. The maximum Gasteiger partial charge on any atom is 0.325 e. The van der Waals surface area contributed by atoms with E-state index in [9.17, 15) is 14.4 Å². The van der Waals surface area contributed by atoms with E-state index in [1.54, 1.807) is 11.3 Å². The summed E-state index contributed by atoms with van der Waals surface area (Å²) in [6.45, 7) is 5.75. The Bertz CT molecular complexity index is 1260. The number of carbonyl (C=O) groups is 3. The highest BCUT2D eigenvalue weighted by Crippen LogP contribution is 2.42. The fourth-order valence-electron chi connectivity index (χ4n) is 5.45. The Balaban J connectivity index is 1.41. The molecule has 3 aromatic rings. The number of urea groups is 1. The highest BCUT2D eigenvalue weighted by atomic mass is 32.1. The normalized spacial score (nSPS) is 20.8. The monoisotopic (exact) mass is 461 g/mol. The van der Waals surface area contributed by atoms with Crippen molar-refractivity contribution in [3.63, 3.8) is 0 Å². The van der Waals surface area contributed by atoms with Crippen LogP contribution in [0.2, 0.25) is 0 Å². The minimum absolute atomic E-state index is 0.0620. The molecule has 1 aliphatic carbocycles. The Morgan fingerprint density at radius 1 is 1.18 bits per heavy atom. The third-order valence-corrected chi connectivity index (χ3v) is 8.07. The van der Waals surface area contributed by atoms with Crippen molar-refractivity contribution in [3.05, 3.63) is 80.8 Å². The lowest BCUT2D eigenvalue weighted by atomic mass is 9.80. The number of fused-ring (bicyclic) bond motifs is 2. The van der Waals surface area contributed by atoms with Crippen LogP contribution < -0.4 is 5.32 Å². The van der Waals surface area contributed by atoms with E-state index in [0.717, 1.165) is 45.1 Å². The summed E-state index contributed by atoms with van der Waals surface area (Å²) in [5, 5.41) is 4.89. The molecule has 2 atom stereocenters. The van der Waals surface area contributed by atoms with Crippen molar-refractivity contribution in [2.75, 3.05) is 6.54 Å². The maximum atomic E-state index is 13.5. The van der Waals surface area contributed by atoms with Crippen LogP contribution in [0.1, 0.15) is 63.6 Å². The van der Waals surface area contributed by atoms with Crippen molar-refractivity contribution < 1.29 is 14.4 Å². The SMILES string of the molecule is Cc1cc(C(=O)CN2C(=O)NC3(CCCc4sccc43)C2=O)c(C)n1C(C)c1ccccc1. The number of hydrogen-bond donors (Lipinski definition) is 1. The van der Waals surface area contributed by atoms with Crippen molar-refractivity contribution >= 4 is 29.1 Å². The molecule has 1 aliphatic heterocycles. The average molecular weight is 462 g/mol. The number of Topliss-reactive ketones (excluding diaryl/α,β-unsaturated/α-hetero) is 1. The van der Waals surface area contributed by atoms with Crippen LogP contribution in [0, 0.1) is 13.8 Å². The van der Waals surface area contributed by atoms with Crippen LogP contribution in [0.3, 0.4) is 0 Å². The lowest BCUT2D eigenvalue weighted by Gasteiger charge is -2.31. The lowest BCUT2D eigenvalue weighted by molar-refractivity contribution is -0.131. The number of imide groups is 1. The number of ketones is 1. The van der Waals surface area contributed by atoms with E-state index in [2.05, 4.69) is 28.9 Å². The molecule has 1 spiro atoms. The van der Waals surface area contributed by atoms with Crippen molar-refractivity contribution in [3.8, 4) is 0 Å². The Hall–Kier alpha value is -3.19. The number of hydrogen-bond acceptors (Lipinski definition) is 4. The first-order chi connectivity index (χ1) is 15.8. The van der Waals surface area contributed by atoms with Gasteiger partial charge in [0.1, 0.15) is 5.54 Å². The van der Waals surface area contributed by atoms with Gasteiger partial charge in [0.15, 0.2) is 5.78 Å². The van der Waals surface area contributed by atoms with Crippen LogP contribution in [0.4, 0.5) is 4.79 Å². The molecule has 2 unspecified atom stereocenters. The predicted molar refractivity (Wildman–Crippen MR) is 128 cm³/mol. The Labute approximate surface area is 197 Å². The summed E-state index contributed by atoms with van der Waals surface area (Å²) in [6.07, 6.45) is 2.32. The molecule has 170 valence electrons. The molecule has 2 aliphatic rings. The zero-order chi connectivity index (χ0) is 23.3. The zero-order valence-electron chi connectivity index (χ0n) is 19.1. The van der Waals surface area contributed by atoms with Gasteiger partial charge in [0.2, 0.25) is 0 Å². The highest BCUT2D eigenvalue weighted by molar-refractivity contribution is 7.10. The number of rotatable bonds is 5. The fourth-order valence-corrected chi connectivity index (χ4v) is 6.45. The van der Waals surface area contributed by atoms with Crippen LogP contribution >= 0.6 is 11.3 Å². The van der Waals surface area contributed by atoms with Gasteiger partial charge in [-0.25, -0.2) is 4.79 Å². The van der Waals surface area contributed by atoms with E-state index in [-0.39, 0.29) is 24.3 Å². The summed E-state index contributed by atoms with van der Waals surface area (Å²) in [6, 6.07) is 13.5. The second kappa shape index (κ2) is 7.99. The van der Waals surface area contributed by atoms with Crippen LogP contribution in [-0.2, 0) is 16.8 Å². The molecule has 3 amide bonds. The van der Waals surface area contributed by atoms with E-state index in [1.165, 1.54) is 0 Å². The minimum atomic E-state index is -1.02. The largest absolute Gasteiger partial charge is 0.341 e. The second-order valence-corrected chi connectivity index (χ2v) is 10.0. The third kappa shape index (κ3) is 3.33. The molecule has 0 radical (unpaired) electrons. The van der Waals surface area contributed by atoms with E-state index < -0.39 is 11.6 Å². The first-order valence-corrected chi connectivity index (χ1v) is 12.2. The van der Waals surface area contributed by atoms with Crippen LogP contribution in [0.5, 0.6) is 0 Å². The van der Waals surface area contributed by atoms with Gasteiger partial charge in [0.25, 0.3) is 5.91 Å². The molecule has 1 aromatic carbocycles. The standard InChI is InChI=1S/C26H27N3O3S/c1-16-14-20(18(3)29(16)17(2)19-8-5-4-6-9-19)22(30)15-28-24(31)26(27-25(28)32)12-7-10-23-21(26)11-13-33-23/h4-6,8-9,11,13-14,17H,7,10,12,15H2,1-3H3,(H,27,32). The molecule has 7 heteroatoms. The topological polar surface area (TPSA) is 71.4 Å². The third-order valence-electron chi connectivity index (χ3n) is 7.09. The van der Waals surface area contributed by atoms with E-state index in [1.807, 2.05) is 49.6 Å². The van der Waals surface area contributed by atoms with Crippen molar-refractivity contribution in [2.45, 2.75) is 51.6 Å². The number of nitrogens with one attached hydrogen (secondary N) is 1. The fraction of sp³-hybridized carbons (Fsp3) is 0.346. The molecule has 33 heavy (non-hydrogen) atoms. The molecule has 0 bridgehead atoms. The van der Waals surface area contributed by atoms with E-state index in [4.69, 9.17) is 0 Å². The number of aromatic nitrogens is 1. The number of nitrogens with zero attached hydrogens (tertiary/aromatic N) is 2. The van der Waals surface area contributed by atoms with Gasteiger partial charge in [0, 0.05) is 27.4 Å². The second-order valence-electron chi connectivity index (χ2n) is 9.00. The number of aryl methyl sites for hydroxylation is 2. The zero-order valence-corrected chi connectivity index (χ0v) is 19.9. The van der Waals surface area contributed by atoms with Gasteiger partial charge in [-0.05, 0) is 63.1 Å². The predicted octanol–water partition coefficient (Wildman–Crippen LogP) is 4.74. The first-order valence-electron chi connectivity index (χ1n) is 11.3. The lowest BCUT2D eigenvalue weighted by Crippen LogP contribution is -2.46. The molecule has 1 saturated heterocycles. The number of benzene rings is 1. The van der Waals surface area contributed by atoms with Crippen molar-refractivity contribution in [1.29, 1.82) is 0 Å². The van der Waals surface area contributed by atoms with Crippen molar-refractivity contribution in [2.24, 2.45) is 0 Å². The molecule has 3 heterocycles. The average Bonchev–Trinajstić information content (AvgIpc) is 3.47. The van der Waals surface area contributed by atoms with Crippen molar-refractivity contribution in [1.82, 2.24) is 14.8 Å². The van der Waals surface area contributed by atoms with Gasteiger partial charge in [0.05, 0.1) is 12.6 Å². The summed E-state index contributed by atoms with van der Waals surface area (Å²) in [5.74, 6) is -0.539. The van der Waals surface area contributed by atoms with Gasteiger partial charge >= 0.3 is 6.03 Å². The molecule has 1 fully saturated rings. The molecule has 2 aromatic heterocycles. The summed E-state index contributed by atoms with van der Waals surface area (Å²) < 4.78 is 2.13. The van der Waals surface area contributed by atoms with E-state index >= 15 is 0 Å². The first kappa shape index (κ1) is 21.6. The Morgan fingerprint density at radius 3 is 2.70 bits per heavy atom. The smallest absolute Gasteiger partial charge is 0.325 e. The van der Waals surface area contributed by atoms with Gasteiger partial charge in [-0.15, -0.1) is 11.3 Å². The molecule has 6 nitrogen and oxygen atoms in total. The Morgan fingerprint density at radius 2 is 1.94 bits per heavy atom. The molecular weight excluding hydrogens is 434 g/mol. The molecule has 0 saturated carbocycles. The summed E-state index contributed by atoms with van der Waals surface area (Å²) >= 11 is 1.62. The molecule has 5 rings (SSSR count). The highest BCUT2D eigenvalue weighted by Gasteiger charge is 2.54.